The van der Waals surface area contributed by atoms with Crippen LogP contribution in [-0.4, -0.2) is 5.97 Å². The summed E-state index contributed by atoms with van der Waals surface area (Å²) in [7, 11) is 0. The first-order valence-corrected chi connectivity index (χ1v) is 4.81. The highest BCUT2D eigenvalue weighted by Crippen LogP contribution is 2.36. The molecule has 0 N–H and O–H groups in total. The summed E-state index contributed by atoms with van der Waals surface area (Å²) < 4.78 is 0. The van der Waals surface area contributed by atoms with Gasteiger partial charge < -0.3 is 9.90 Å². The van der Waals surface area contributed by atoms with Crippen molar-refractivity contribution in [2.24, 2.45) is 11.3 Å². The van der Waals surface area contributed by atoms with Gasteiger partial charge in [0.05, 0.1) is 5.97 Å². The van der Waals surface area contributed by atoms with Crippen molar-refractivity contribution < 1.29 is 9.90 Å². The minimum atomic E-state index is -0.993. The van der Waals surface area contributed by atoms with Gasteiger partial charge in [-0.1, -0.05) is 26.8 Å². The van der Waals surface area contributed by atoms with Crippen molar-refractivity contribution in [1.82, 2.24) is 0 Å². The Kier molecular flexibility index (Phi) is 2.79. The fourth-order valence-corrected chi connectivity index (χ4v) is 1.81. The third-order valence-electron chi connectivity index (χ3n) is 2.90. The molecule has 0 heterocycles. The van der Waals surface area contributed by atoms with Crippen LogP contribution in [0.15, 0.2) is 11.6 Å². The Morgan fingerprint density at radius 2 is 2.15 bits per heavy atom. The first-order valence-electron chi connectivity index (χ1n) is 4.81. The molecule has 13 heavy (non-hydrogen) atoms. The SMILES string of the molecule is CC(C)(C)C1CC=C(C(=O)[O-])CC1. The van der Waals surface area contributed by atoms with Gasteiger partial charge >= 0.3 is 0 Å². The predicted octanol–water partition coefficient (Wildman–Crippen LogP) is 1.51. The fraction of sp³-hybridized carbons (Fsp3) is 0.727. The van der Waals surface area contributed by atoms with Crippen molar-refractivity contribution in [2.45, 2.75) is 40.0 Å². The summed E-state index contributed by atoms with van der Waals surface area (Å²) in [5.74, 6) is -0.386. The number of carboxylic acid groups (broad SMARTS) is 1. The second-order valence-corrected chi connectivity index (χ2v) is 4.85. The first-order chi connectivity index (χ1) is 5.91. The lowest BCUT2D eigenvalue weighted by Crippen LogP contribution is -2.29. The largest absolute Gasteiger partial charge is 0.545 e. The average Bonchev–Trinajstić information content (AvgIpc) is 2.03. The van der Waals surface area contributed by atoms with Gasteiger partial charge in [-0.05, 0) is 36.2 Å². The van der Waals surface area contributed by atoms with Crippen LogP contribution in [0, 0.1) is 11.3 Å². The van der Waals surface area contributed by atoms with Gasteiger partial charge in [-0.15, -0.1) is 0 Å². The lowest BCUT2D eigenvalue weighted by atomic mass is 9.73. The normalized spacial score (nSPS) is 23.9. The summed E-state index contributed by atoms with van der Waals surface area (Å²) in [5, 5.41) is 10.5. The molecule has 74 valence electrons. The molecule has 0 aliphatic heterocycles. The highest BCUT2D eigenvalue weighted by molar-refractivity contribution is 5.84. The van der Waals surface area contributed by atoms with Crippen molar-refractivity contribution in [3.63, 3.8) is 0 Å². The smallest absolute Gasteiger partial charge is 0.0671 e. The minimum absolute atomic E-state index is 0.286. The third kappa shape index (κ3) is 2.58. The highest BCUT2D eigenvalue weighted by atomic mass is 16.4. The van der Waals surface area contributed by atoms with E-state index in [0.29, 0.717) is 17.9 Å². The summed E-state index contributed by atoms with van der Waals surface area (Å²) in [6.07, 6.45) is 4.36. The van der Waals surface area contributed by atoms with Crippen LogP contribution in [0.3, 0.4) is 0 Å². The van der Waals surface area contributed by atoms with E-state index in [2.05, 4.69) is 20.8 Å². The summed E-state index contributed by atoms with van der Waals surface area (Å²) in [6, 6.07) is 0. The maximum atomic E-state index is 10.5. The predicted molar refractivity (Wildman–Crippen MR) is 49.9 cm³/mol. The molecule has 0 bridgehead atoms. The molecule has 1 unspecified atom stereocenters. The van der Waals surface area contributed by atoms with Crippen LogP contribution in [0.2, 0.25) is 0 Å². The van der Waals surface area contributed by atoms with Gasteiger partial charge in [0.15, 0.2) is 0 Å². The summed E-state index contributed by atoms with van der Waals surface area (Å²) in [4.78, 5) is 10.5. The first kappa shape index (κ1) is 10.3. The van der Waals surface area contributed by atoms with Gasteiger partial charge in [0.1, 0.15) is 0 Å². The van der Waals surface area contributed by atoms with Crippen LogP contribution in [0.25, 0.3) is 0 Å². The highest BCUT2D eigenvalue weighted by Gasteiger charge is 2.26. The Morgan fingerprint density at radius 1 is 1.54 bits per heavy atom. The third-order valence-corrected chi connectivity index (χ3v) is 2.90. The molecule has 0 aromatic rings. The maximum absolute atomic E-state index is 10.5. The lowest BCUT2D eigenvalue weighted by molar-refractivity contribution is -0.299. The summed E-state index contributed by atoms with van der Waals surface area (Å²) in [6.45, 7) is 6.61. The van der Waals surface area contributed by atoms with E-state index in [-0.39, 0.29) is 5.41 Å². The van der Waals surface area contributed by atoms with Crippen LogP contribution in [0.4, 0.5) is 0 Å². The molecule has 0 saturated heterocycles. The number of hydrogen-bond acceptors (Lipinski definition) is 2. The van der Waals surface area contributed by atoms with E-state index in [0.717, 1.165) is 12.8 Å². The molecule has 2 heteroatoms. The van der Waals surface area contributed by atoms with E-state index in [9.17, 15) is 9.90 Å². The van der Waals surface area contributed by atoms with Crippen molar-refractivity contribution in [1.29, 1.82) is 0 Å². The summed E-state index contributed by atoms with van der Waals surface area (Å²) in [5.41, 5.74) is 0.772. The van der Waals surface area contributed by atoms with Crippen LogP contribution < -0.4 is 5.11 Å². The summed E-state index contributed by atoms with van der Waals surface area (Å²) >= 11 is 0. The van der Waals surface area contributed by atoms with E-state index in [1.54, 1.807) is 0 Å². The number of carboxylic acids is 1. The van der Waals surface area contributed by atoms with E-state index in [1.807, 2.05) is 6.08 Å². The van der Waals surface area contributed by atoms with Crippen molar-refractivity contribution in [3.05, 3.63) is 11.6 Å². The van der Waals surface area contributed by atoms with Gasteiger partial charge in [0, 0.05) is 0 Å². The number of carbonyl (C=O) groups excluding carboxylic acids is 1. The van der Waals surface area contributed by atoms with E-state index >= 15 is 0 Å². The van der Waals surface area contributed by atoms with E-state index in [4.69, 9.17) is 0 Å². The molecule has 0 aromatic carbocycles. The lowest BCUT2D eigenvalue weighted by Gasteiger charge is -2.33. The van der Waals surface area contributed by atoms with Gasteiger partial charge in [0.2, 0.25) is 0 Å². The number of carbonyl (C=O) groups is 1. The van der Waals surface area contributed by atoms with Crippen LogP contribution >= 0.6 is 0 Å². The fourth-order valence-electron chi connectivity index (χ4n) is 1.81. The standard InChI is InChI=1S/C11H18O2/c1-11(2,3)9-6-4-8(5-7-9)10(12)13/h4,9H,5-7H2,1-3H3,(H,12,13)/p-1. The molecule has 1 rings (SSSR count). The topological polar surface area (TPSA) is 40.1 Å². The number of rotatable bonds is 1. The molecule has 0 radical (unpaired) electrons. The maximum Gasteiger partial charge on any atom is 0.0671 e. The van der Waals surface area contributed by atoms with E-state index < -0.39 is 5.97 Å². The van der Waals surface area contributed by atoms with Gasteiger partial charge in [-0.3, -0.25) is 0 Å². The Labute approximate surface area is 79.6 Å². The second-order valence-electron chi connectivity index (χ2n) is 4.85. The Hall–Kier alpha value is -0.790. The molecule has 0 amide bonds. The molecule has 1 atom stereocenters. The Morgan fingerprint density at radius 3 is 2.46 bits per heavy atom. The molecule has 0 fully saturated rings. The molecule has 1 aliphatic rings. The average molecular weight is 181 g/mol. The zero-order valence-electron chi connectivity index (χ0n) is 8.59. The van der Waals surface area contributed by atoms with Crippen LogP contribution in [0.1, 0.15) is 40.0 Å². The van der Waals surface area contributed by atoms with Crippen molar-refractivity contribution >= 4 is 5.97 Å². The Bertz CT molecular complexity index is 233. The number of hydrogen-bond donors (Lipinski definition) is 0. The van der Waals surface area contributed by atoms with Crippen LogP contribution in [-0.2, 0) is 4.79 Å². The zero-order valence-corrected chi connectivity index (χ0v) is 8.59. The molecule has 0 aromatic heterocycles. The molecular formula is C11H17O2-. The Balaban J connectivity index is 2.61. The van der Waals surface area contributed by atoms with Crippen molar-refractivity contribution in [2.75, 3.05) is 0 Å². The molecular weight excluding hydrogens is 164 g/mol. The molecule has 0 saturated carbocycles. The quantitative estimate of drug-likeness (QED) is 0.615. The molecule has 1 aliphatic carbocycles. The van der Waals surface area contributed by atoms with Gasteiger partial charge in [-0.25, -0.2) is 0 Å². The zero-order chi connectivity index (χ0) is 10.1. The number of allylic oxidation sites excluding steroid dienone is 1. The molecule has 2 nitrogen and oxygen atoms in total. The second kappa shape index (κ2) is 3.52. The van der Waals surface area contributed by atoms with Crippen molar-refractivity contribution in [3.8, 4) is 0 Å². The van der Waals surface area contributed by atoms with Gasteiger partial charge in [-0.2, -0.15) is 0 Å². The van der Waals surface area contributed by atoms with Crippen LogP contribution in [0.5, 0.6) is 0 Å². The minimum Gasteiger partial charge on any atom is -0.545 e. The monoisotopic (exact) mass is 181 g/mol. The van der Waals surface area contributed by atoms with Gasteiger partial charge in [0.25, 0.3) is 0 Å². The van der Waals surface area contributed by atoms with E-state index in [1.165, 1.54) is 0 Å². The number of aliphatic carboxylic acids is 1. The molecule has 0 spiro atoms.